The Morgan fingerprint density at radius 3 is 0.235 bits per heavy atom. The van der Waals surface area contributed by atoms with Gasteiger partial charge in [0.05, 0.1) is 0 Å². The minimum absolute atomic E-state index is 0. The first-order chi connectivity index (χ1) is 11.2. The molecular formula is Bi2O25Pb2Ru5. The van der Waals surface area contributed by atoms with E-state index in [1.807, 2.05) is 0 Å². The Labute approximate surface area is 265 Å². The zero-order valence-corrected chi connectivity index (χ0v) is 37.3. The van der Waals surface area contributed by atoms with Gasteiger partial charge in [0.2, 0.25) is 0 Å². The van der Waals surface area contributed by atoms with E-state index in [2.05, 4.69) is 0 Å². The maximum absolute atomic E-state index is 8.64. The molecule has 25 nitrogen and oxygen atoms in total. The van der Waals surface area contributed by atoms with Crippen LogP contribution < -0.4 is 39.3 Å². The molecular weight excluding hydrogens is 1740 g/mol. The van der Waals surface area contributed by atoms with Crippen molar-refractivity contribution in [2.75, 3.05) is 0 Å². The van der Waals surface area contributed by atoms with Crippen molar-refractivity contribution < 1.29 is 164 Å². The van der Waals surface area contributed by atoms with Crippen molar-refractivity contribution in [2.45, 2.75) is 0 Å². The van der Waals surface area contributed by atoms with Gasteiger partial charge in [0.1, 0.15) is 0 Å². The van der Waals surface area contributed by atoms with Crippen LogP contribution in [0.5, 0.6) is 0 Å². The van der Waals surface area contributed by atoms with Crippen LogP contribution in [-0.2, 0) is 124 Å². The van der Waals surface area contributed by atoms with Gasteiger partial charge in [-0.3, -0.25) is 0 Å². The van der Waals surface area contributed by atoms with Crippen LogP contribution in [0.2, 0.25) is 0 Å². The van der Waals surface area contributed by atoms with Crippen LogP contribution in [0.15, 0.2) is 0 Å². The average Bonchev–Trinajstić information content (AvgIpc) is 1.67. The van der Waals surface area contributed by atoms with E-state index < -0.39 is 70.9 Å². The van der Waals surface area contributed by atoms with Crippen molar-refractivity contribution >= 4 is 107 Å². The largest absolute Gasteiger partial charge is 2.00 e. The predicted molar refractivity (Wildman–Crippen MR) is 33.3 cm³/mol. The van der Waals surface area contributed by atoms with Crippen LogP contribution in [0.3, 0.4) is 0 Å². The maximum atomic E-state index is 8.64. The zero-order chi connectivity index (χ0) is 27.2. The summed E-state index contributed by atoms with van der Waals surface area (Å²) >= 11 is -38.6. The maximum Gasteiger partial charge on any atom is 2.00 e. The molecule has 0 aliphatic rings. The summed E-state index contributed by atoms with van der Waals surface area (Å²) in [5, 5.41) is 0. The van der Waals surface area contributed by atoms with Crippen LogP contribution in [0.4, 0.5) is 0 Å². The smallest absolute Gasteiger partial charge is 2.00 e. The molecule has 0 bridgehead atoms. The fourth-order valence-electron chi connectivity index (χ4n) is 0. The molecule has 0 rings (SSSR count). The zero-order valence-electron chi connectivity index (χ0n) is 13.9. The van der Waals surface area contributed by atoms with Gasteiger partial charge in [0.25, 0.3) is 0 Å². The second-order valence-electron chi connectivity index (χ2n) is 2.95. The molecule has 0 fully saturated rings. The molecule has 0 heterocycles. The summed E-state index contributed by atoms with van der Waals surface area (Å²) in [5.74, 6) is 0. The van der Waals surface area contributed by atoms with Gasteiger partial charge < -0.3 is 0 Å². The summed E-state index contributed by atoms with van der Waals surface area (Å²) in [5.41, 5.74) is 0. The van der Waals surface area contributed by atoms with Gasteiger partial charge in [-0.25, -0.2) is 0 Å². The molecule has 208 valence electrons. The standard InChI is InChI=1S/2Bi.25O.2Pb.5Ru/q2*+3;;;;;;;;;;;;;;;;10*-1;2*+2;;;;;. The van der Waals surface area contributed by atoms with E-state index in [1.54, 1.807) is 0 Å². The first-order valence-corrected chi connectivity index (χ1v) is 21.3. The Bertz CT molecular complexity index is 1260. The van der Waals surface area contributed by atoms with Crippen molar-refractivity contribution in [1.29, 1.82) is 0 Å². The minimum Gasteiger partial charge on any atom is 2.00 e. The second-order valence-corrected chi connectivity index (χ2v) is 17.4. The van der Waals surface area contributed by atoms with Crippen LogP contribution in [0, 0.1) is 0 Å². The molecule has 34 heavy (non-hydrogen) atoms. The third-order valence-electron chi connectivity index (χ3n) is 0. The number of hydrogen-bond donors (Lipinski definition) is 0. The number of hydrogen-bond acceptors (Lipinski definition) is 25. The van der Waals surface area contributed by atoms with Gasteiger partial charge in [-0.05, 0) is 0 Å². The number of rotatable bonds is 0. The van der Waals surface area contributed by atoms with Gasteiger partial charge in [-0.1, -0.05) is 0 Å². The average molecular weight is 1740 g/mol. The Balaban J connectivity index is -0.0000000319. The molecule has 0 aromatic rings. The van der Waals surface area contributed by atoms with Crippen molar-refractivity contribution in [1.82, 2.24) is 0 Å². The Hall–Kier alpha value is 3.33. The molecule has 0 saturated heterocycles. The molecule has 0 aromatic heterocycles. The molecule has 0 spiro atoms. The van der Waals surface area contributed by atoms with Crippen LogP contribution in [0.1, 0.15) is 0 Å². The second kappa shape index (κ2) is 15.9. The SMILES string of the molecule is [Bi+3].[Bi+3].[O]=[Ru](=[O])(=[O])([O-])[O-].[O]=[Ru](=[O])(=[O])([O-])[O-].[O]=[Ru](=[O])(=[O])([O-])[O-].[O]=[Ru](=[O])(=[O])([O-])[O-].[O]=[Ru](=[O])(=[O])([O-])[O-].[Pb+2].[Pb+2]. The summed E-state index contributed by atoms with van der Waals surface area (Å²) in [4.78, 5) is 0. The van der Waals surface area contributed by atoms with Gasteiger partial charge in [0, 0.05) is 0 Å². The van der Waals surface area contributed by atoms with E-state index in [0.717, 1.165) is 0 Å². The summed E-state index contributed by atoms with van der Waals surface area (Å²) in [6.07, 6.45) is 0. The molecule has 0 amide bonds. The fourth-order valence-corrected chi connectivity index (χ4v) is 0. The molecule has 8 radical (unpaired) electrons. The molecule has 0 aromatic carbocycles. The van der Waals surface area contributed by atoms with Crippen LogP contribution in [0.25, 0.3) is 0 Å². The van der Waals surface area contributed by atoms with Crippen LogP contribution >= 0.6 is 0 Å². The van der Waals surface area contributed by atoms with E-state index in [9.17, 15) is 0 Å². The monoisotopic (exact) mass is 1740 g/mol. The molecule has 0 unspecified atom stereocenters. The van der Waals surface area contributed by atoms with Crippen molar-refractivity contribution in [3.63, 3.8) is 0 Å². The summed E-state index contributed by atoms with van der Waals surface area (Å²) in [7, 11) is 0. The normalized spacial score (nSPS) is 16.5. The molecule has 34 heteroatoms. The summed E-state index contributed by atoms with van der Waals surface area (Å²) in [6.45, 7) is 0. The van der Waals surface area contributed by atoms with Gasteiger partial charge in [0.15, 0.2) is 0 Å². The Kier molecular flexibility index (Phi) is 28.8. The molecule has 0 atom stereocenters. The Morgan fingerprint density at radius 1 is 0.235 bits per heavy atom. The molecule has 0 aliphatic carbocycles. The van der Waals surface area contributed by atoms with Gasteiger partial charge >= 0.3 is 271 Å². The van der Waals surface area contributed by atoms with Crippen molar-refractivity contribution in [2.24, 2.45) is 0 Å². The molecule has 0 N–H and O–H groups in total. The fraction of sp³-hybridized carbons (Fsp3) is 0. The van der Waals surface area contributed by atoms with E-state index >= 15 is 0 Å². The van der Waals surface area contributed by atoms with Gasteiger partial charge in [-0.2, -0.15) is 0 Å². The quantitative estimate of drug-likeness (QED) is 0.203. The minimum atomic E-state index is -7.72. The van der Waals surface area contributed by atoms with Crippen molar-refractivity contribution in [3.8, 4) is 0 Å². The van der Waals surface area contributed by atoms with E-state index in [0.29, 0.717) is 0 Å². The van der Waals surface area contributed by atoms with E-state index in [-0.39, 0.29) is 107 Å². The predicted octanol–water partition coefficient (Wildman–Crippen LogP) is -15.2. The third kappa shape index (κ3) is 3760. The van der Waals surface area contributed by atoms with Crippen LogP contribution in [-0.4, -0.2) is 107 Å². The summed E-state index contributed by atoms with van der Waals surface area (Å²) < 4.78 is 216. The van der Waals surface area contributed by atoms with Gasteiger partial charge in [-0.15, -0.1) is 0 Å². The van der Waals surface area contributed by atoms with E-state index in [1.165, 1.54) is 0 Å². The topological polar surface area (TPSA) is 487 Å². The van der Waals surface area contributed by atoms with Crippen molar-refractivity contribution in [3.05, 3.63) is 0 Å². The summed E-state index contributed by atoms with van der Waals surface area (Å²) in [6, 6.07) is 0. The first-order valence-electron chi connectivity index (χ1n) is 3.61. The Morgan fingerprint density at radius 2 is 0.235 bits per heavy atom. The first kappa shape index (κ1) is 61.4. The van der Waals surface area contributed by atoms with E-state index in [4.69, 9.17) is 92.9 Å². The third-order valence-corrected chi connectivity index (χ3v) is 0. The molecule has 0 aliphatic heterocycles. The molecule has 0 saturated carbocycles.